The summed E-state index contributed by atoms with van der Waals surface area (Å²) >= 11 is 0. The van der Waals surface area contributed by atoms with Crippen molar-refractivity contribution in [2.24, 2.45) is 0 Å². The average molecular weight is 401 g/mol. The van der Waals surface area contributed by atoms with Gasteiger partial charge in [0.1, 0.15) is 0 Å². The first kappa shape index (κ1) is 18.5. The molecule has 5 rings (SSSR count). The fraction of sp³-hybridized carbons (Fsp3) is 0.250. The van der Waals surface area contributed by atoms with Crippen molar-refractivity contribution in [1.82, 2.24) is 0 Å². The quantitative estimate of drug-likeness (QED) is 0.494. The highest BCUT2D eigenvalue weighted by Gasteiger charge is 2.24. The summed E-state index contributed by atoms with van der Waals surface area (Å²) in [6.45, 7) is 3.57. The Bertz CT molecular complexity index is 1210. The fourth-order valence-corrected chi connectivity index (χ4v) is 4.05. The van der Waals surface area contributed by atoms with Crippen molar-refractivity contribution in [3.05, 3.63) is 70.9 Å². The van der Waals surface area contributed by atoms with E-state index < -0.39 is 0 Å². The van der Waals surface area contributed by atoms with Gasteiger partial charge in [-0.25, -0.2) is 0 Å². The van der Waals surface area contributed by atoms with Crippen LogP contribution in [0.1, 0.15) is 0 Å². The molecule has 0 unspecified atom stereocenters. The van der Waals surface area contributed by atoms with E-state index in [0.29, 0.717) is 11.5 Å². The summed E-state index contributed by atoms with van der Waals surface area (Å²) in [5, 5.41) is 0. The number of piperazine rings is 1. The summed E-state index contributed by atoms with van der Waals surface area (Å²) in [4.78, 5) is 22.7. The number of anilines is 3. The number of aromatic nitrogens is 1. The molecule has 1 aliphatic carbocycles. The first-order chi connectivity index (χ1) is 14.6. The van der Waals surface area contributed by atoms with Crippen molar-refractivity contribution in [1.29, 1.82) is 0 Å². The lowest BCUT2D eigenvalue weighted by Gasteiger charge is -2.37. The Kier molecular flexibility index (Phi) is 4.54. The highest BCUT2D eigenvalue weighted by Crippen LogP contribution is 2.27. The molecule has 1 saturated heterocycles. The zero-order valence-corrected chi connectivity index (χ0v) is 17.3. The lowest BCUT2D eigenvalue weighted by Crippen LogP contribution is -2.46. The highest BCUT2D eigenvalue weighted by molar-refractivity contribution is 5.76. The summed E-state index contributed by atoms with van der Waals surface area (Å²) in [7, 11) is 3.99. The van der Waals surface area contributed by atoms with E-state index in [1.807, 2.05) is 49.3 Å². The van der Waals surface area contributed by atoms with Crippen molar-refractivity contribution >= 4 is 28.2 Å². The monoisotopic (exact) mass is 401 g/mol. The van der Waals surface area contributed by atoms with Gasteiger partial charge in [-0.15, -0.1) is 0 Å². The molecular weight excluding hydrogens is 376 g/mol. The molecule has 0 aromatic heterocycles. The van der Waals surface area contributed by atoms with Crippen LogP contribution < -0.4 is 25.1 Å². The smallest absolute Gasteiger partial charge is 0.295 e. The largest absolute Gasteiger partial charge is 0.443 e. The Balaban J connectivity index is 1.46. The molecule has 2 aromatic carbocycles. The number of nitrogens with one attached hydrogen (secondary N) is 1. The number of hydrogen-bond donors (Lipinski definition) is 0. The van der Waals surface area contributed by atoms with E-state index in [1.165, 1.54) is 5.69 Å². The molecule has 0 radical (unpaired) electrons. The second kappa shape index (κ2) is 7.37. The number of para-hydroxylation sites is 1. The minimum atomic E-state index is -0.0460. The van der Waals surface area contributed by atoms with Gasteiger partial charge >= 0.3 is 0 Å². The van der Waals surface area contributed by atoms with Crippen LogP contribution in [0.2, 0.25) is 0 Å². The molecule has 1 N–H and O–H groups in total. The van der Waals surface area contributed by atoms with Crippen molar-refractivity contribution in [3.63, 3.8) is 0 Å². The van der Waals surface area contributed by atoms with Crippen LogP contribution >= 0.6 is 0 Å². The molecule has 2 aromatic rings. The van der Waals surface area contributed by atoms with Gasteiger partial charge in [0.15, 0.2) is 0 Å². The minimum Gasteiger partial charge on any atom is -0.443 e. The van der Waals surface area contributed by atoms with Crippen LogP contribution in [0.25, 0.3) is 22.6 Å². The molecule has 152 valence electrons. The number of hydrogen-bond acceptors (Lipinski definition) is 5. The van der Waals surface area contributed by atoms with E-state index in [2.05, 4.69) is 39.0 Å². The maximum atomic E-state index is 12.8. The van der Waals surface area contributed by atoms with Crippen LogP contribution in [-0.2, 0) is 0 Å². The number of fused-ring (bicyclic) bond motifs is 2. The predicted octanol–water partition coefficient (Wildman–Crippen LogP) is 3.10. The molecule has 2 heterocycles. The molecule has 0 amide bonds. The second-order valence-electron chi connectivity index (χ2n) is 7.93. The number of nitrogens with zero attached hydrogens (tertiary/aromatic N) is 3. The van der Waals surface area contributed by atoms with Crippen molar-refractivity contribution in [2.45, 2.75) is 0 Å². The van der Waals surface area contributed by atoms with Gasteiger partial charge in [-0.1, -0.05) is 18.2 Å². The van der Waals surface area contributed by atoms with Crippen LogP contribution in [0.3, 0.4) is 0 Å². The Morgan fingerprint density at radius 1 is 0.867 bits per heavy atom. The summed E-state index contributed by atoms with van der Waals surface area (Å²) in [6, 6.07) is 20.1. The third-order valence-electron chi connectivity index (χ3n) is 5.78. The molecule has 0 bridgehead atoms. The molecule has 3 aliphatic rings. The third kappa shape index (κ3) is 3.34. The maximum Gasteiger partial charge on any atom is 0.295 e. The van der Waals surface area contributed by atoms with Crippen molar-refractivity contribution in [3.8, 4) is 11.5 Å². The van der Waals surface area contributed by atoms with Crippen LogP contribution in [0.4, 0.5) is 17.1 Å². The van der Waals surface area contributed by atoms with Gasteiger partial charge in [-0.2, -0.15) is 4.98 Å². The second-order valence-corrected chi connectivity index (χ2v) is 7.93. The van der Waals surface area contributed by atoms with E-state index in [1.54, 1.807) is 6.07 Å². The Morgan fingerprint density at radius 2 is 1.57 bits per heavy atom. The molecule has 0 atom stereocenters. The molecule has 2 aliphatic heterocycles. The van der Waals surface area contributed by atoms with E-state index >= 15 is 0 Å². The predicted molar refractivity (Wildman–Crippen MR) is 121 cm³/mol. The van der Waals surface area contributed by atoms with Crippen LogP contribution in [-0.4, -0.2) is 40.3 Å². The molecule has 6 heteroatoms. The number of benzene rings is 3. The van der Waals surface area contributed by atoms with Crippen LogP contribution in [0, 0.1) is 0 Å². The molecule has 30 heavy (non-hydrogen) atoms. The van der Waals surface area contributed by atoms with Gasteiger partial charge in [-0.3, -0.25) is 4.79 Å². The van der Waals surface area contributed by atoms with Gasteiger partial charge < -0.3 is 19.1 Å². The normalized spacial score (nSPS) is 14.5. The molecular formula is C24H25N4O2+. The average Bonchev–Trinajstić information content (AvgIpc) is 2.78. The molecule has 0 saturated carbocycles. The number of aromatic amines is 1. The third-order valence-corrected chi connectivity index (χ3v) is 5.78. The van der Waals surface area contributed by atoms with E-state index in [0.717, 1.165) is 48.7 Å². The van der Waals surface area contributed by atoms with Crippen molar-refractivity contribution < 1.29 is 9.40 Å². The number of H-pyrrole nitrogens is 1. The Hall–Kier alpha value is -3.54. The topological polar surface area (TPSA) is 54.1 Å². The van der Waals surface area contributed by atoms with Crippen LogP contribution in [0.15, 0.2) is 69.9 Å². The highest BCUT2D eigenvalue weighted by atomic mass is 16.3. The first-order valence-corrected chi connectivity index (χ1v) is 10.2. The van der Waals surface area contributed by atoms with E-state index in [4.69, 9.17) is 4.42 Å². The Labute approximate surface area is 175 Å². The summed E-state index contributed by atoms with van der Waals surface area (Å²) in [6.07, 6.45) is 0. The maximum absolute atomic E-state index is 12.8. The molecule has 1 fully saturated rings. The van der Waals surface area contributed by atoms with E-state index in [9.17, 15) is 4.79 Å². The van der Waals surface area contributed by atoms with Gasteiger partial charge in [0, 0.05) is 81.6 Å². The molecule has 0 spiro atoms. The lowest BCUT2D eigenvalue weighted by molar-refractivity contribution is -0.335. The molecule has 6 nitrogen and oxygen atoms in total. The fourth-order valence-electron chi connectivity index (χ4n) is 4.05. The van der Waals surface area contributed by atoms with Gasteiger partial charge in [0.25, 0.3) is 11.1 Å². The summed E-state index contributed by atoms with van der Waals surface area (Å²) in [5.74, 6) is 0.589. The first-order valence-electron chi connectivity index (χ1n) is 10.2. The van der Waals surface area contributed by atoms with Gasteiger partial charge in [0.2, 0.25) is 16.9 Å². The minimum absolute atomic E-state index is 0.0460. The summed E-state index contributed by atoms with van der Waals surface area (Å²) in [5.41, 5.74) is 5.22. The zero-order valence-electron chi connectivity index (χ0n) is 17.3. The zero-order chi connectivity index (χ0) is 20.7. The number of rotatable bonds is 3. The summed E-state index contributed by atoms with van der Waals surface area (Å²) < 4.78 is 6.14. The van der Waals surface area contributed by atoms with Gasteiger partial charge in [-0.05, 0) is 18.2 Å². The van der Waals surface area contributed by atoms with Gasteiger partial charge in [0.05, 0.1) is 0 Å². The lowest BCUT2D eigenvalue weighted by atomic mass is 10.1. The Morgan fingerprint density at radius 3 is 2.27 bits per heavy atom. The standard InChI is InChI=1S/C24H24N4O2/c1-26(2)18-8-9-20-22(15-18)30-23-16-19(14-21(29)24(23)25-20)28-12-10-27(11-13-28)17-6-4-3-5-7-17/h3-9,14-16H,10-13H2,1-2H3/p+1. The van der Waals surface area contributed by atoms with E-state index in [-0.39, 0.29) is 5.43 Å². The van der Waals surface area contributed by atoms with Crippen molar-refractivity contribution in [2.75, 3.05) is 55.0 Å². The SMILES string of the molecule is CN(C)c1ccc2[nH+]c3c(=O)cc(N4CCN(c5ccccc5)CC4)cc-3oc2c1. The van der Waals surface area contributed by atoms with Crippen LogP contribution in [0.5, 0.6) is 0 Å².